The summed E-state index contributed by atoms with van der Waals surface area (Å²) < 4.78 is 0. The van der Waals surface area contributed by atoms with Crippen molar-refractivity contribution in [2.45, 2.75) is 39.5 Å². The molecule has 10 heavy (non-hydrogen) atoms. The lowest BCUT2D eigenvalue weighted by molar-refractivity contribution is 0.0730. The maximum atomic E-state index is 3.76. The molecule has 0 saturated heterocycles. The van der Waals surface area contributed by atoms with E-state index in [9.17, 15) is 0 Å². The molecule has 0 aliphatic heterocycles. The third-order valence-corrected chi connectivity index (χ3v) is 2.92. The molecule has 1 aliphatic rings. The standard InChI is InChI=1S/C10H18/c1-4-6-9-7-10(3,5-2)8-9/h4,9H,1,5-8H2,2-3H3. The van der Waals surface area contributed by atoms with Crippen molar-refractivity contribution < 1.29 is 0 Å². The van der Waals surface area contributed by atoms with Crippen molar-refractivity contribution in [2.24, 2.45) is 11.3 Å². The molecule has 58 valence electrons. The lowest BCUT2D eigenvalue weighted by Crippen LogP contribution is -2.33. The Kier molecular flexibility index (Phi) is 2.18. The Hall–Kier alpha value is -0.260. The predicted octanol–water partition coefficient (Wildman–Crippen LogP) is 3.39. The van der Waals surface area contributed by atoms with Crippen LogP contribution < -0.4 is 0 Å². The van der Waals surface area contributed by atoms with Crippen LogP contribution in [0.2, 0.25) is 0 Å². The van der Waals surface area contributed by atoms with E-state index >= 15 is 0 Å². The first-order chi connectivity index (χ1) is 4.70. The molecule has 1 fully saturated rings. The first kappa shape index (κ1) is 7.84. The van der Waals surface area contributed by atoms with E-state index in [0.29, 0.717) is 5.41 Å². The lowest BCUT2D eigenvalue weighted by Gasteiger charge is -2.44. The van der Waals surface area contributed by atoms with E-state index < -0.39 is 0 Å². The predicted molar refractivity (Wildman–Crippen MR) is 45.9 cm³/mol. The minimum Gasteiger partial charge on any atom is -0.103 e. The average molecular weight is 138 g/mol. The Balaban J connectivity index is 2.22. The molecule has 0 heteroatoms. The molecule has 0 nitrogen and oxygen atoms in total. The van der Waals surface area contributed by atoms with Crippen LogP contribution >= 0.6 is 0 Å². The fraction of sp³-hybridized carbons (Fsp3) is 0.800. The van der Waals surface area contributed by atoms with Crippen molar-refractivity contribution in [3.05, 3.63) is 12.7 Å². The van der Waals surface area contributed by atoms with Crippen molar-refractivity contribution >= 4 is 0 Å². The van der Waals surface area contributed by atoms with Crippen LogP contribution in [0.4, 0.5) is 0 Å². The van der Waals surface area contributed by atoms with Crippen LogP contribution in [-0.2, 0) is 0 Å². The minimum atomic E-state index is 0.688. The summed E-state index contributed by atoms with van der Waals surface area (Å²) in [5, 5.41) is 0. The Morgan fingerprint density at radius 1 is 1.60 bits per heavy atom. The van der Waals surface area contributed by atoms with Crippen molar-refractivity contribution in [3.63, 3.8) is 0 Å². The van der Waals surface area contributed by atoms with E-state index in [0.717, 1.165) is 5.92 Å². The van der Waals surface area contributed by atoms with Gasteiger partial charge in [-0.25, -0.2) is 0 Å². The van der Waals surface area contributed by atoms with E-state index in [1.807, 2.05) is 0 Å². The number of hydrogen-bond donors (Lipinski definition) is 0. The van der Waals surface area contributed by atoms with E-state index in [-0.39, 0.29) is 0 Å². The zero-order valence-electron chi connectivity index (χ0n) is 7.19. The molecule has 1 rings (SSSR count). The molecule has 0 amide bonds. The summed E-state index contributed by atoms with van der Waals surface area (Å²) in [7, 11) is 0. The molecule has 1 aliphatic carbocycles. The minimum absolute atomic E-state index is 0.688. The maximum absolute atomic E-state index is 3.76. The average Bonchev–Trinajstić information content (AvgIpc) is 1.85. The van der Waals surface area contributed by atoms with Gasteiger partial charge in [0.25, 0.3) is 0 Å². The van der Waals surface area contributed by atoms with E-state index in [1.54, 1.807) is 0 Å². The summed E-state index contributed by atoms with van der Waals surface area (Å²) in [6, 6.07) is 0. The Bertz CT molecular complexity index is 118. The monoisotopic (exact) mass is 138 g/mol. The molecule has 0 heterocycles. The number of hydrogen-bond acceptors (Lipinski definition) is 0. The molecule has 0 N–H and O–H groups in total. The summed E-state index contributed by atoms with van der Waals surface area (Å²) in [5.41, 5.74) is 0.688. The summed E-state index contributed by atoms with van der Waals surface area (Å²) >= 11 is 0. The van der Waals surface area contributed by atoms with Gasteiger partial charge >= 0.3 is 0 Å². The van der Waals surface area contributed by atoms with Gasteiger partial charge in [-0.3, -0.25) is 0 Å². The van der Waals surface area contributed by atoms with E-state index in [2.05, 4.69) is 26.5 Å². The third-order valence-electron chi connectivity index (χ3n) is 2.92. The molecule has 0 aromatic heterocycles. The quantitative estimate of drug-likeness (QED) is 0.524. The van der Waals surface area contributed by atoms with Crippen LogP contribution in [0.5, 0.6) is 0 Å². The van der Waals surface area contributed by atoms with Gasteiger partial charge < -0.3 is 0 Å². The topological polar surface area (TPSA) is 0 Å². The van der Waals surface area contributed by atoms with Crippen molar-refractivity contribution in [2.75, 3.05) is 0 Å². The van der Waals surface area contributed by atoms with Gasteiger partial charge in [0.1, 0.15) is 0 Å². The molecule has 0 atom stereocenters. The second kappa shape index (κ2) is 2.77. The zero-order valence-corrected chi connectivity index (χ0v) is 7.19. The molecule has 0 radical (unpaired) electrons. The molecule has 0 spiro atoms. The third kappa shape index (κ3) is 1.42. The van der Waals surface area contributed by atoms with Gasteiger partial charge in [-0.05, 0) is 30.6 Å². The summed E-state index contributed by atoms with van der Waals surface area (Å²) in [4.78, 5) is 0. The van der Waals surface area contributed by atoms with Gasteiger partial charge in [-0.1, -0.05) is 26.3 Å². The van der Waals surface area contributed by atoms with Crippen molar-refractivity contribution in [1.29, 1.82) is 0 Å². The first-order valence-corrected chi connectivity index (χ1v) is 4.31. The highest BCUT2D eigenvalue weighted by atomic mass is 14.4. The normalized spacial score (nSPS) is 38.8. The van der Waals surface area contributed by atoms with Gasteiger partial charge in [-0.15, -0.1) is 6.58 Å². The zero-order chi connectivity index (χ0) is 7.61. The smallest absolute Gasteiger partial charge is 0.0323 e. The number of allylic oxidation sites excluding steroid dienone is 1. The fourth-order valence-corrected chi connectivity index (χ4v) is 2.03. The molecule has 0 aromatic carbocycles. The largest absolute Gasteiger partial charge is 0.103 e. The fourth-order valence-electron chi connectivity index (χ4n) is 2.03. The van der Waals surface area contributed by atoms with Crippen LogP contribution in [0.15, 0.2) is 12.7 Å². The second-order valence-corrected chi connectivity index (χ2v) is 3.96. The summed E-state index contributed by atoms with van der Waals surface area (Å²) in [5.74, 6) is 0.961. The van der Waals surface area contributed by atoms with Crippen LogP contribution in [0.25, 0.3) is 0 Å². The van der Waals surface area contributed by atoms with Crippen LogP contribution in [0, 0.1) is 11.3 Å². The number of rotatable bonds is 3. The summed E-state index contributed by atoms with van der Waals surface area (Å²) in [6.07, 6.45) is 7.49. The molecule has 0 bridgehead atoms. The molecule has 0 unspecified atom stereocenters. The highest BCUT2D eigenvalue weighted by Crippen LogP contribution is 2.49. The molecule has 1 saturated carbocycles. The Morgan fingerprint density at radius 2 is 2.20 bits per heavy atom. The Labute approximate surface area is 64.3 Å². The van der Waals surface area contributed by atoms with Crippen molar-refractivity contribution in [3.8, 4) is 0 Å². The van der Waals surface area contributed by atoms with Crippen molar-refractivity contribution in [1.82, 2.24) is 0 Å². The van der Waals surface area contributed by atoms with Gasteiger partial charge in [0.2, 0.25) is 0 Å². The first-order valence-electron chi connectivity index (χ1n) is 4.31. The summed E-state index contributed by atoms with van der Waals surface area (Å²) in [6.45, 7) is 8.45. The lowest BCUT2D eigenvalue weighted by atomic mass is 9.61. The Morgan fingerprint density at radius 3 is 2.60 bits per heavy atom. The second-order valence-electron chi connectivity index (χ2n) is 3.96. The van der Waals surface area contributed by atoms with E-state index in [4.69, 9.17) is 0 Å². The SMILES string of the molecule is C=CCC1CC(C)(CC)C1. The maximum Gasteiger partial charge on any atom is -0.0323 e. The van der Waals surface area contributed by atoms with Gasteiger partial charge in [0.15, 0.2) is 0 Å². The highest BCUT2D eigenvalue weighted by molar-refractivity contribution is 4.91. The van der Waals surface area contributed by atoms with Crippen LogP contribution in [-0.4, -0.2) is 0 Å². The van der Waals surface area contributed by atoms with Gasteiger partial charge in [0, 0.05) is 0 Å². The van der Waals surface area contributed by atoms with Crippen LogP contribution in [0.1, 0.15) is 39.5 Å². The van der Waals surface area contributed by atoms with E-state index in [1.165, 1.54) is 25.7 Å². The highest BCUT2D eigenvalue weighted by Gasteiger charge is 2.37. The molecular weight excluding hydrogens is 120 g/mol. The molecule has 0 aromatic rings. The molecular formula is C10H18. The van der Waals surface area contributed by atoms with Gasteiger partial charge in [-0.2, -0.15) is 0 Å². The van der Waals surface area contributed by atoms with Gasteiger partial charge in [0.05, 0.1) is 0 Å². The van der Waals surface area contributed by atoms with Crippen LogP contribution in [0.3, 0.4) is 0 Å².